The van der Waals surface area contributed by atoms with Crippen molar-refractivity contribution >= 4 is 66.7 Å². The molecule has 0 aliphatic carbocycles. The molecular formula is C35H36BrCl2N3O4S. The lowest BCUT2D eigenvalue weighted by Crippen LogP contribution is -2.53. The molecule has 1 unspecified atom stereocenters. The quantitative estimate of drug-likeness (QED) is 0.134. The SMILES string of the molecule is CCCCNC(=O)C(Cc1ccccc1)N(Cc1cccc(Br)c1)C(=O)CN(c1ccc(Cl)c(Cl)c1)S(=O)(=O)c1ccc(C)cc1. The van der Waals surface area contributed by atoms with E-state index in [1.165, 1.54) is 35.2 Å². The summed E-state index contributed by atoms with van der Waals surface area (Å²) >= 11 is 16.0. The minimum absolute atomic E-state index is 0.00802. The number of amides is 2. The fourth-order valence-electron chi connectivity index (χ4n) is 4.90. The molecule has 4 aromatic carbocycles. The zero-order valence-corrected chi connectivity index (χ0v) is 29.5. The Hall–Kier alpha value is -3.37. The largest absolute Gasteiger partial charge is 0.354 e. The molecule has 0 aliphatic rings. The third-order valence-electron chi connectivity index (χ3n) is 7.42. The highest BCUT2D eigenvalue weighted by Gasteiger charge is 2.34. The first-order valence-corrected chi connectivity index (χ1v) is 17.9. The molecule has 1 atom stereocenters. The van der Waals surface area contributed by atoms with Crippen molar-refractivity contribution in [1.82, 2.24) is 10.2 Å². The van der Waals surface area contributed by atoms with E-state index in [-0.39, 0.29) is 39.5 Å². The molecule has 0 saturated carbocycles. The van der Waals surface area contributed by atoms with Crippen molar-refractivity contribution in [1.29, 1.82) is 0 Å². The number of anilines is 1. The number of rotatable bonds is 14. The van der Waals surface area contributed by atoms with E-state index in [4.69, 9.17) is 23.2 Å². The molecule has 11 heteroatoms. The molecule has 46 heavy (non-hydrogen) atoms. The van der Waals surface area contributed by atoms with Gasteiger partial charge in [-0.2, -0.15) is 0 Å². The van der Waals surface area contributed by atoms with Crippen LogP contribution in [0.3, 0.4) is 0 Å². The molecule has 0 bridgehead atoms. The molecule has 4 rings (SSSR count). The summed E-state index contributed by atoms with van der Waals surface area (Å²) in [7, 11) is -4.25. The van der Waals surface area contributed by atoms with Crippen molar-refractivity contribution in [2.75, 3.05) is 17.4 Å². The van der Waals surface area contributed by atoms with Crippen LogP contribution in [0.15, 0.2) is 106 Å². The van der Waals surface area contributed by atoms with Crippen LogP contribution in [-0.2, 0) is 32.6 Å². The fraction of sp³-hybridized carbons (Fsp3) is 0.257. The molecule has 0 aromatic heterocycles. The highest BCUT2D eigenvalue weighted by molar-refractivity contribution is 9.10. The molecule has 7 nitrogen and oxygen atoms in total. The summed E-state index contributed by atoms with van der Waals surface area (Å²) in [6, 6.07) is 26.7. The van der Waals surface area contributed by atoms with Crippen molar-refractivity contribution in [3.05, 3.63) is 128 Å². The van der Waals surface area contributed by atoms with Crippen LogP contribution in [0.25, 0.3) is 0 Å². The monoisotopic (exact) mass is 743 g/mol. The van der Waals surface area contributed by atoms with Crippen LogP contribution in [0, 0.1) is 6.92 Å². The fourth-order valence-corrected chi connectivity index (χ4v) is 7.04. The van der Waals surface area contributed by atoms with Crippen LogP contribution in [0.5, 0.6) is 0 Å². The van der Waals surface area contributed by atoms with Crippen molar-refractivity contribution in [3.63, 3.8) is 0 Å². The van der Waals surface area contributed by atoms with Crippen molar-refractivity contribution < 1.29 is 18.0 Å². The zero-order chi connectivity index (χ0) is 33.3. The highest BCUT2D eigenvalue weighted by Crippen LogP contribution is 2.31. The maximum atomic E-state index is 14.5. The number of hydrogen-bond acceptors (Lipinski definition) is 4. The lowest BCUT2D eigenvalue weighted by molar-refractivity contribution is -0.140. The van der Waals surface area contributed by atoms with Gasteiger partial charge in [0.2, 0.25) is 11.8 Å². The molecule has 0 radical (unpaired) electrons. The first-order chi connectivity index (χ1) is 22.0. The number of unbranched alkanes of at least 4 members (excludes halogenated alkanes) is 1. The zero-order valence-electron chi connectivity index (χ0n) is 25.6. The molecule has 242 valence electrons. The van der Waals surface area contributed by atoms with Gasteiger partial charge in [-0.15, -0.1) is 0 Å². The van der Waals surface area contributed by atoms with Gasteiger partial charge in [0.05, 0.1) is 20.6 Å². The van der Waals surface area contributed by atoms with Crippen LogP contribution in [0.2, 0.25) is 10.0 Å². The van der Waals surface area contributed by atoms with Crippen LogP contribution in [0.1, 0.15) is 36.5 Å². The lowest BCUT2D eigenvalue weighted by atomic mass is 10.0. The Balaban J connectivity index is 1.81. The molecule has 0 heterocycles. The predicted molar refractivity (Wildman–Crippen MR) is 189 cm³/mol. The van der Waals surface area contributed by atoms with E-state index in [9.17, 15) is 18.0 Å². The smallest absolute Gasteiger partial charge is 0.264 e. The first kappa shape index (κ1) is 35.5. The molecule has 0 aliphatic heterocycles. The Bertz CT molecular complexity index is 1760. The maximum Gasteiger partial charge on any atom is 0.264 e. The van der Waals surface area contributed by atoms with Gasteiger partial charge in [0, 0.05) is 24.0 Å². The second kappa shape index (κ2) is 16.5. The third-order valence-corrected chi connectivity index (χ3v) is 10.4. The Morgan fingerprint density at radius 3 is 2.22 bits per heavy atom. The summed E-state index contributed by atoms with van der Waals surface area (Å²) in [5.41, 5.74) is 2.68. The summed E-state index contributed by atoms with van der Waals surface area (Å²) in [6.45, 7) is 3.82. The Morgan fingerprint density at radius 2 is 1.57 bits per heavy atom. The Kier molecular flexibility index (Phi) is 12.7. The van der Waals surface area contributed by atoms with Crippen LogP contribution < -0.4 is 9.62 Å². The molecular weight excluding hydrogens is 709 g/mol. The number of benzene rings is 4. The van der Waals surface area contributed by atoms with E-state index >= 15 is 0 Å². The van der Waals surface area contributed by atoms with E-state index < -0.39 is 28.5 Å². The van der Waals surface area contributed by atoms with Crippen molar-refractivity contribution in [3.8, 4) is 0 Å². The summed E-state index contributed by atoms with van der Waals surface area (Å²) < 4.78 is 30.2. The van der Waals surface area contributed by atoms with Crippen LogP contribution in [-0.4, -0.2) is 44.3 Å². The van der Waals surface area contributed by atoms with Crippen molar-refractivity contribution in [2.45, 2.75) is 50.6 Å². The molecule has 1 N–H and O–H groups in total. The average Bonchev–Trinajstić information content (AvgIpc) is 3.03. The second-order valence-corrected chi connectivity index (χ2v) is 14.5. The molecule has 0 spiro atoms. The van der Waals surface area contributed by atoms with Gasteiger partial charge in [0.1, 0.15) is 12.6 Å². The van der Waals surface area contributed by atoms with Crippen LogP contribution in [0.4, 0.5) is 5.69 Å². The number of hydrogen-bond donors (Lipinski definition) is 1. The standard InChI is InChI=1S/C35H36BrCl2N3O4S/c1-3-4-19-39-35(43)33(21-26-9-6-5-7-10-26)40(23-27-11-8-12-28(36)20-27)34(42)24-41(29-15-18-31(37)32(38)22-29)46(44,45)30-16-13-25(2)14-17-30/h5-18,20,22,33H,3-4,19,21,23-24H2,1-2H3,(H,39,43). The Labute approximate surface area is 289 Å². The molecule has 2 amide bonds. The third kappa shape index (κ3) is 9.35. The summed E-state index contributed by atoms with van der Waals surface area (Å²) in [6.07, 6.45) is 1.90. The number of nitrogens with zero attached hydrogens (tertiary/aromatic N) is 2. The number of carbonyl (C=O) groups is 2. The van der Waals surface area contributed by atoms with Crippen LogP contribution >= 0.6 is 39.1 Å². The minimum Gasteiger partial charge on any atom is -0.354 e. The van der Waals surface area contributed by atoms with Gasteiger partial charge in [0.25, 0.3) is 10.0 Å². The van der Waals surface area contributed by atoms with Gasteiger partial charge in [-0.1, -0.05) is 113 Å². The highest BCUT2D eigenvalue weighted by atomic mass is 79.9. The van der Waals surface area contributed by atoms with Crippen molar-refractivity contribution in [2.24, 2.45) is 0 Å². The van der Waals surface area contributed by atoms with E-state index in [1.807, 2.05) is 68.4 Å². The van der Waals surface area contributed by atoms with E-state index in [0.717, 1.165) is 38.3 Å². The lowest BCUT2D eigenvalue weighted by Gasteiger charge is -2.34. The average molecular weight is 746 g/mol. The van der Waals surface area contributed by atoms with Gasteiger partial charge in [-0.3, -0.25) is 13.9 Å². The molecule has 0 saturated heterocycles. The summed E-state index contributed by atoms with van der Waals surface area (Å²) in [5.74, 6) is -0.878. The first-order valence-electron chi connectivity index (χ1n) is 14.9. The van der Waals surface area contributed by atoms with Gasteiger partial charge in [-0.05, 0) is 66.9 Å². The van der Waals surface area contributed by atoms with E-state index in [1.54, 1.807) is 12.1 Å². The van der Waals surface area contributed by atoms with Gasteiger partial charge < -0.3 is 10.2 Å². The van der Waals surface area contributed by atoms with E-state index in [2.05, 4.69) is 21.2 Å². The number of sulfonamides is 1. The number of carbonyl (C=O) groups excluding carboxylic acids is 2. The van der Waals surface area contributed by atoms with Gasteiger partial charge >= 0.3 is 0 Å². The van der Waals surface area contributed by atoms with Gasteiger partial charge in [0.15, 0.2) is 0 Å². The molecule has 4 aromatic rings. The Morgan fingerprint density at radius 1 is 0.870 bits per heavy atom. The maximum absolute atomic E-state index is 14.5. The van der Waals surface area contributed by atoms with Gasteiger partial charge in [-0.25, -0.2) is 8.42 Å². The second-order valence-electron chi connectivity index (χ2n) is 10.9. The number of halogens is 3. The summed E-state index contributed by atoms with van der Waals surface area (Å²) in [4.78, 5) is 29.8. The topological polar surface area (TPSA) is 86.8 Å². The summed E-state index contributed by atoms with van der Waals surface area (Å²) in [5, 5.41) is 3.37. The molecule has 0 fully saturated rings. The predicted octanol–water partition coefficient (Wildman–Crippen LogP) is 7.82. The number of aryl methyl sites for hydroxylation is 1. The van der Waals surface area contributed by atoms with E-state index in [0.29, 0.717) is 6.54 Å². The normalized spacial score (nSPS) is 11.9. The number of nitrogens with one attached hydrogen (secondary N) is 1. The minimum atomic E-state index is -4.25.